The molecule has 1 heterocycles. The van der Waals surface area contributed by atoms with Crippen LogP contribution in [0.5, 0.6) is 0 Å². The monoisotopic (exact) mass is 486 g/mol. The normalized spacial score (nSPS) is 15.1. The summed E-state index contributed by atoms with van der Waals surface area (Å²) in [5.41, 5.74) is 0.495. The molecule has 2 aromatic carbocycles. The summed E-state index contributed by atoms with van der Waals surface area (Å²) in [5.74, 6) is -0.964. The molecule has 2 aromatic rings. The van der Waals surface area contributed by atoms with Crippen LogP contribution in [-0.4, -0.2) is 44.6 Å². The number of halogens is 3. The molecule has 10 heteroatoms. The van der Waals surface area contributed by atoms with E-state index in [4.69, 9.17) is 23.2 Å². The highest BCUT2D eigenvalue weighted by Crippen LogP contribution is 2.27. The Hall–Kier alpha value is -2.00. The number of benzene rings is 2. The maximum atomic E-state index is 12.9. The number of amides is 1. The first-order valence-corrected chi connectivity index (χ1v) is 11.9. The molecule has 1 saturated heterocycles. The van der Waals surface area contributed by atoms with Crippen molar-refractivity contribution in [3.8, 4) is 0 Å². The fourth-order valence-corrected chi connectivity index (χ4v) is 4.75. The number of rotatable bonds is 7. The van der Waals surface area contributed by atoms with Gasteiger partial charge in [-0.3, -0.25) is 9.59 Å². The number of Topliss-reactive ketones (excluding diaryl/α,β-unsaturated/α-hetero) is 1. The van der Waals surface area contributed by atoms with E-state index < -0.39 is 15.8 Å². The van der Waals surface area contributed by atoms with E-state index in [1.165, 1.54) is 0 Å². The van der Waals surface area contributed by atoms with E-state index in [1.807, 2.05) is 0 Å². The van der Waals surface area contributed by atoms with Crippen LogP contribution in [0.2, 0.25) is 10.0 Å². The van der Waals surface area contributed by atoms with Crippen molar-refractivity contribution in [3.05, 3.63) is 63.9 Å². The van der Waals surface area contributed by atoms with Crippen molar-refractivity contribution in [1.82, 2.24) is 9.62 Å². The van der Waals surface area contributed by atoms with Crippen molar-refractivity contribution in [2.24, 2.45) is 5.92 Å². The van der Waals surface area contributed by atoms with Crippen LogP contribution in [0.15, 0.2) is 47.4 Å². The average Bonchev–Trinajstić information content (AvgIpc) is 2.75. The molecule has 0 aromatic heterocycles. The van der Waals surface area contributed by atoms with Gasteiger partial charge in [0.25, 0.3) is 0 Å². The lowest BCUT2D eigenvalue weighted by Gasteiger charge is -2.31. The fraction of sp³-hybridized carbons (Fsp3) is 0.333. The number of ketones is 1. The Bertz CT molecular complexity index is 1070. The average molecular weight is 487 g/mol. The highest BCUT2D eigenvalue weighted by molar-refractivity contribution is 7.89. The zero-order valence-corrected chi connectivity index (χ0v) is 18.8. The number of sulfonamides is 1. The van der Waals surface area contributed by atoms with Crippen LogP contribution in [-0.2, 0) is 14.8 Å². The lowest BCUT2D eigenvalue weighted by atomic mass is 9.89. The fourth-order valence-electron chi connectivity index (χ4n) is 3.42. The Morgan fingerprint density at radius 2 is 1.68 bits per heavy atom. The van der Waals surface area contributed by atoms with E-state index in [0.717, 1.165) is 24.3 Å². The molecule has 0 aliphatic carbocycles. The Kier molecular flexibility index (Phi) is 7.69. The Labute approximate surface area is 190 Å². The quantitative estimate of drug-likeness (QED) is 0.601. The lowest BCUT2D eigenvalue weighted by molar-refractivity contribution is -0.132. The van der Waals surface area contributed by atoms with Crippen LogP contribution in [0.25, 0.3) is 0 Å². The molecule has 0 atom stereocenters. The molecular weight excluding hydrogens is 466 g/mol. The predicted octanol–water partition coefficient (Wildman–Crippen LogP) is 3.92. The topological polar surface area (TPSA) is 83.6 Å². The van der Waals surface area contributed by atoms with Crippen molar-refractivity contribution in [2.75, 3.05) is 19.6 Å². The van der Waals surface area contributed by atoms with Crippen molar-refractivity contribution in [2.45, 2.75) is 24.2 Å². The minimum atomic E-state index is -3.81. The second-order valence-electron chi connectivity index (χ2n) is 7.25. The van der Waals surface area contributed by atoms with Gasteiger partial charge in [-0.1, -0.05) is 23.2 Å². The van der Waals surface area contributed by atoms with E-state index in [1.54, 1.807) is 23.1 Å². The molecule has 1 N–H and O–H groups in total. The SMILES string of the molecule is O=C(c1ccc(Cl)c(Cl)c1)C1CCN(C(=O)CCNS(=O)(=O)c2ccc(F)cc2)CC1. The number of likely N-dealkylation sites (tertiary alicyclic amines) is 1. The lowest BCUT2D eigenvalue weighted by Crippen LogP contribution is -2.41. The molecule has 0 saturated carbocycles. The van der Waals surface area contributed by atoms with Gasteiger partial charge in [-0.25, -0.2) is 17.5 Å². The number of carbonyl (C=O) groups is 2. The highest BCUT2D eigenvalue weighted by Gasteiger charge is 2.28. The first kappa shape index (κ1) is 23.7. The third kappa shape index (κ3) is 6.04. The number of nitrogens with one attached hydrogen (secondary N) is 1. The van der Waals surface area contributed by atoms with Crippen LogP contribution in [0, 0.1) is 11.7 Å². The number of piperidine rings is 1. The third-order valence-electron chi connectivity index (χ3n) is 5.18. The van der Waals surface area contributed by atoms with Gasteiger partial charge in [0.15, 0.2) is 5.78 Å². The van der Waals surface area contributed by atoms with Gasteiger partial charge in [0.05, 0.1) is 14.9 Å². The molecule has 0 bridgehead atoms. The molecule has 1 aliphatic rings. The van der Waals surface area contributed by atoms with Gasteiger partial charge in [-0.05, 0) is 55.3 Å². The van der Waals surface area contributed by atoms with Crippen LogP contribution in [0.3, 0.4) is 0 Å². The third-order valence-corrected chi connectivity index (χ3v) is 7.39. The summed E-state index contributed by atoms with van der Waals surface area (Å²) in [6, 6.07) is 9.22. The van der Waals surface area contributed by atoms with Gasteiger partial charge in [0.2, 0.25) is 15.9 Å². The molecule has 1 aliphatic heterocycles. The van der Waals surface area contributed by atoms with Crippen molar-refractivity contribution in [1.29, 1.82) is 0 Å². The van der Waals surface area contributed by atoms with E-state index in [0.29, 0.717) is 41.5 Å². The largest absolute Gasteiger partial charge is 0.343 e. The Morgan fingerprint density at radius 1 is 1.03 bits per heavy atom. The second-order valence-corrected chi connectivity index (χ2v) is 9.83. The molecule has 3 rings (SSSR count). The molecular formula is C21H21Cl2FN2O4S. The summed E-state index contributed by atoms with van der Waals surface area (Å²) >= 11 is 11.9. The first-order valence-electron chi connectivity index (χ1n) is 9.69. The van der Waals surface area contributed by atoms with Gasteiger partial charge in [0, 0.05) is 37.5 Å². The molecule has 31 heavy (non-hydrogen) atoms. The van der Waals surface area contributed by atoms with E-state index in [-0.39, 0.29) is 35.5 Å². The maximum Gasteiger partial charge on any atom is 0.240 e. The molecule has 6 nitrogen and oxygen atoms in total. The van der Waals surface area contributed by atoms with Gasteiger partial charge in [-0.15, -0.1) is 0 Å². The summed E-state index contributed by atoms with van der Waals surface area (Å²) in [6.07, 6.45) is 1.03. The highest BCUT2D eigenvalue weighted by atomic mass is 35.5. The van der Waals surface area contributed by atoms with E-state index in [2.05, 4.69) is 4.72 Å². The second kappa shape index (κ2) is 10.1. The number of hydrogen-bond donors (Lipinski definition) is 1. The molecule has 0 radical (unpaired) electrons. The van der Waals surface area contributed by atoms with Gasteiger partial charge < -0.3 is 4.90 Å². The van der Waals surface area contributed by atoms with E-state index in [9.17, 15) is 22.4 Å². The summed E-state index contributed by atoms with van der Waals surface area (Å²) < 4.78 is 39.7. The molecule has 1 fully saturated rings. The van der Waals surface area contributed by atoms with Gasteiger partial charge in [-0.2, -0.15) is 0 Å². The summed E-state index contributed by atoms with van der Waals surface area (Å²) in [4.78, 5) is 26.7. The number of hydrogen-bond acceptors (Lipinski definition) is 4. The minimum Gasteiger partial charge on any atom is -0.343 e. The van der Waals surface area contributed by atoms with Crippen LogP contribution in [0.1, 0.15) is 29.6 Å². The predicted molar refractivity (Wildman–Crippen MR) is 116 cm³/mol. The van der Waals surface area contributed by atoms with Crippen molar-refractivity contribution in [3.63, 3.8) is 0 Å². The van der Waals surface area contributed by atoms with Gasteiger partial charge in [0.1, 0.15) is 5.82 Å². The Balaban J connectivity index is 1.47. The molecule has 0 spiro atoms. The van der Waals surface area contributed by atoms with Crippen molar-refractivity contribution >= 4 is 44.9 Å². The summed E-state index contributed by atoms with van der Waals surface area (Å²) in [6.45, 7) is 0.767. The standard InChI is InChI=1S/C21H21Cl2FN2O4S/c22-18-6-1-15(13-19(18)23)21(28)14-8-11-26(12-9-14)20(27)7-10-25-31(29,30)17-4-2-16(24)3-5-17/h1-6,13-14,25H,7-12H2. The van der Waals surface area contributed by atoms with Gasteiger partial charge >= 0.3 is 0 Å². The Morgan fingerprint density at radius 3 is 2.29 bits per heavy atom. The number of carbonyl (C=O) groups excluding carboxylic acids is 2. The maximum absolute atomic E-state index is 12.9. The molecule has 0 unspecified atom stereocenters. The number of nitrogens with zero attached hydrogens (tertiary/aromatic N) is 1. The van der Waals surface area contributed by atoms with E-state index >= 15 is 0 Å². The summed E-state index contributed by atoms with van der Waals surface area (Å²) in [7, 11) is -3.81. The zero-order chi connectivity index (χ0) is 22.6. The summed E-state index contributed by atoms with van der Waals surface area (Å²) in [5, 5.41) is 0.705. The molecule has 1 amide bonds. The first-order chi connectivity index (χ1) is 14.7. The zero-order valence-electron chi connectivity index (χ0n) is 16.5. The smallest absolute Gasteiger partial charge is 0.240 e. The van der Waals surface area contributed by atoms with Crippen LogP contribution < -0.4 is 4.72 Å². The van der Waals surface area contributed by atoms with Crippen LogP contribution in [0.4, 0.5) is 4.39 Å². The molecule has 166 valence electrons. The van der Waals surface area contributed by atoms with Crippen LogP contribution >= 0.6 is 23.2 Å². The minimum absolute atomic E-state index is 0.00811. The van der Waals surface area contributed by atoms with Crippen molar-refractivity contribution < 1.29 is 22.4 Å².